The number of hydrogen-bond donors (Lipinski definition) is 6. The number of fused-ring (bicyclic) bond motifs is 5. The van der Waals surface area contributed by atoms with E-state index in [1.54, 1.807) is 20.8 Å². The lowest BCUT2D eigenvalue weighted by Crippen LogP contribution is -2.98. The van der Waals surface area contributed by atoms with E-state index >= 15 is 15.0 Å². The van der Waals surface area contributed by atoms with Crippen LogP contribution in [0.2, 0.25) is 127 Å². The number of hydrogen-bond acceptors (Lipinski definition) is 7. The maximum Gasteiger partial charge on any atom is 0.159 e. The fraction of sp³-hybridized carbons (Fsp3) is 0.933. The highest BCUT2D eigenvalue weighted by Gasteiger charge is 2.94. The monoisotopic (exact) mass is 913 g/mol. The van der Waals surface area contributed by atoms with E-state index in [9.17, 15) is 20.4 Å². The smallest absolute Gasteiger partial charge is 0.159 e. The molecule has 0 bridgehead atoms. The highest BCUT2D eigenvalue weighted by molar-refractivity contribution is 7.06. The molecule has 0 radical (unpaired) electrons. The Bertz CT molecular complexity index is 1640. The van der Waals surface area contributed by atoms with Crippen molar-refractivity contribution in [3.05, 3.63) is 11.6 Å². The van der Waals surface area contributed by atoms with E-state index in [2.05, 4.69) is 132 Å². The van der Waals surface area contributed by atoms with Gasteiger partial charge < -0.3 is 30.6 Å². The number of carbonyl (C=O) groups is 1. The number of aliphatic hydroxyl groups is 6. The SMILES string of the molecule is CC(C)(O)CC[C@@H](O)C(C)(O)[C@@H]1CC[C@@]2(O)C3=CC(=O)[C@@H]4C([Si](C)(C)C)([Si](C)(C)C)[C@](O)([Si](C)(C)C)[C@](O)([Si](C)(C)C)C([Si](C)(C)C)([Si](C)(C)C)[C@]4(C)C3CC[C@]12C. The fourth-order valence-electron chi connectivity index (χ4n) is 18.0. The molecule has 58 heavy (non-hydrogen) atoms. The predicted molar refractivity (Wildman–Crippen MR) is 261 cm³/mol. The van der Waals surface area contributed by atoms with Gasteiger partial charge in [-0.25, -0.2) is 0 Å². The second kappa shape index (κ2) is 13.7. The number of carbonyl (C=O) groups excluding carboxylic acids is 1. The van der Waals surface area contributed by atoms with Crippen LogP contribution in [-0.2, 0) is 4.79 Å². The van der Waals surface area contributed by atoms with Gasteiger partial charge in [0, 0.05) is 11.3 Å². The van der Waals surface area contributed by atoms with Crippen LogP contribution in [0, 0.1) is 28.6 Å². The van der Waals surface area contributed by atoms with Crippen molar-refractivity contribution in [1.29, 1.82) is 0 Å². The molecule has 7 nitrogen and oxygen atoms in total. The average Bonchev–Trinajstić information content (AvgIpc) is 3.24. The summed E-state index contributed by atoms with van der Waals surface area (Å²) in [5, 5.41) is 75.8. The molecule has 3 fully saturated rings. The van der Waals surface area contributed by atoms with Crippen molar-refractivity contribution in [3.8, 4) is 0 Å². The van der Waals surface area contributed by atoms with E-state index in [4.69, 9.17) is 0 Å². The molecule has 13 heteroatoms. The van der Waals surface area contributed by atoms with Crippen LogP contribution in [0.15, 0.2) is 11.6 Å². The molecule has 0 aliphatic heterocycles. The Kier molecular flexibility index (Phi) is 12.1. The van der Waals surface area contributed by atoms with Crippen LogP contribution in [0.5, 0.6) is 0 Å². The molecule has 6 N–H and O–H groups in total. The maximum absolute atomic E-state index is 16.4. The zero-order valence-corrected chi connectivity index (χ0v) is 47.7. The van der Waals surface area contributed by atoms with Crippen molar-refractivity contribution in [1.82, 2.24) is 0 Å². The van der Waals surface area contributed by atoms with Crippen molar-refractivity contribution in [2.75, 3.05) is 0 Å². The molecular weight excluding hydrogens is 821 g/mol. The first-order valence-electron chi connectivity index (χ1n) is 22.8. The quantitative estimate of drug-likeness (QED) is 0.114. The summed E-state index contributed by atoms with van der Waals surface area (Å²) in [6.07, 6.45) is 3.48. The van der Waals surface area contributed by atoms with Crippen LogP contribution in [0.4, 0.5) is 0 Å². The van der Waals surface area contributed by atoms with Gasteiger partial charge in [-0.1, -0.05) is 132 Å². The van der Waals surface area contributed by atoms with Crippen molar-refractivity contribution < 1.29 is 35.4 Å². The van der Waals surface area contributed by atoms with Crippen LogP contribution in [-0.4, -0.2) is 118 Å². The maximum atomic E-state index is 16.4. The van der Waals surface area contributed by atoms with Gasteiger partial charge in [0.05, 0.1) is 81.8 Å². The van der Waals surface area contributed by atoms with Crippen LogP contribution in [0.1, 0.15) is 73.1 Å². The van der Waals surface area contributed by atoms with Crippen LogP contribution >= 0.6 is 0 Å². The molecule has 4 aliphatic rings. The summed E-state index contributed by atoms with van der Waals surface area (Å²) in [6.45, 7) is 52.4. The Morgan fingerprint density at radius 1 is 0.672 bits per heavy atom. The van der Waals surface area contributed by atoms with Crippen LogP contribution in [0.3, 0.4) is 0 Å². The Morgan fingerprint density at radius 3 is 1.47 bits per heavy atom. The third-order valence-electron chi connectivity index (χ3n) is 18.3. The minimum Gasteiger partial charge on any atom is -0.391 e. The van der Waals surface area contributed by atoms with Crippen molar-refractivity contribution in [2.24, 2.45) is 28.6 Å². The standard InChI is InChI=1S/C45H92O7Si6/c1-37(2,48)27-26-35(47)40(5,49)34-25-29-41(50)32-30-33(46)36-39(4,31(32)24-28-38(34,41)3)45(57(18,19)20,58(21,22)23)44(52,56(15,16)17)43(51,55(12,13)14)42(36,53(6,7)8)54(9,10)11/h30-31,34-36,47-52H,24-29H2,1-23H3/t31?,34-,35-,36+,38-,39-,40?,41-,43+,44+/m1/s1. The van der Waals surface area contributed by atoms with Gasteiger partial charge in [-0.15, -0.1) is 0 Å². The molecule has 4 aliphatic carbocycles. The average molecular weight is 914 g/mol. The summed E-state index contributed by atoms with van der Waals surface area (Å²) in [5.74, 6) is -1.17. The molecular formula is C45H92O7Si6. The van der Waals surface area contributed by atoms with Crippen LogP contribution in [0.25, 0.3) is 0 Å². The number of ketones is 1. The van der Waals surface area contributed by atoms with E-state index < -0.39 is 114 Å². The summed E-state index contributed by atoms with van der Waals surface area (Å²) >= 11 is 0. The second-order valence-corrected chi connectivity index (χ2v) is 60.3. The topological polar surface area (TPSA) is 138 Å². The third kappa shape index (κ3) is 5.91. The third-order valence-corrected chi connectivity index (χ3v) is 46.7. The molecule has 0 aromatic carbocycles. The predicted octanol–water partition coefficient (Wildman–Crippen LogP) is 9.48. The van der Waals surface area contributed by atoms with Crippen molar-refractivity contribution in [3.63, 3.8) is 0 Å². The molecule has 0 spiro atoms. The molecule has 0 aromatic rings. The van der Waals surface area contributed by atoms with Gasteiger partial charge in [0.25, 0.3) is 0 Å². The van der Waals surface area contributed by atoms with Gasteiger partial charge in [-0.05, 0) is 97.5 Å². The molecule has 0 aromatic heterocycles. The highest BCUT2D eigenvalue weighted by atomic mass is 28.4. The van der Waals surface area contributed by atoms with Gasteiger partial charge in [0.15, 0.2) is 5.78 Å². The fourth-order valence-corrected chi connectivity index (χ4v) is 64.5. The Morgan fingerprint density at radius 2 is 1.10 bits per heavy atom. The van der Waals surface area contributed by atoms with Gasteiger partial charge in [-0.3, -0.25) is 4.79 Å². The summed E-state index contributed by atoms with van der Waals surface area (Å²) in [4.78, 5) is 16.4. The number of rotatable bonds is 11. The Labute approximate surface area is 361 Å². The normalized spacial score (nSPS) is 38.9. The van der Waals surface area contributed by atoms with Crippen molar-refractivity contribution >= 4 is 54.2 Å². The molecule has 2 unspecified atom stereocenters. The van der Waals surface area contributed by atoms with Crippen molar-refractivity contribution in [2.45, 2.75) is 234 Å². The number of allylic oxidation sites excluding steroid dienone is 1. The zero-order chi connectivity index (χ0) is 45.9. The van der Waals surface area contributed by atoms with Gasteiger partial charge in [-0.2, -0.15) is 0 Å². The summed E-state index contributed by atoms with van der Waals surface area (Å²) in [5.41, 5.74) is -4.80. The lowest BCUT2D eigenvalue weighted by molar-refractivity contribution is -0.203. The summed E-state index contributed by atoms with van der Waals surface area (Å²) < 4.78 is -1.59. The number of aliphatic hydroxyl groups excluding tert-OH is 1. The summed E-state index contributed by atoms with van der Waals surface area (Å²) in [6, 6.07) is 0. The first-order chi connectivity index (χ1) is 25.2. The van der Waals surface area contributed by atoms with E-state index in [0.29, 0.717) is 32.1 Å². The van der Waals surface area contributed by atoms with Gasteiger partial charge in [0.2, 0.25) is 0 Å². The largest absolute Gasteiger partial charge is 0.391 e. The Balaban J connectivity index is 2.30. The molecule has 0 saturated heterocycles. The molecule has 3 saturated carbocycles. The van der Waals surface area contributed by atoms with E-state index in [-0.39, 0.29) is 18.1 Å². The minimum atomic E-state index is -2.88. The van der Waals surface area contributed by atoms with E-state index in [1.165, 1.54) is 0 Å². The molecule has 4 rings (SSSR count). The van der Waals surface area contributed by atoms with Gasteiger partial charge in [0.1, 0.15) is 0 Å². The highest BCUT2D eigenvalue weighted by Crippen LogP contribution is 2.88. The Hall–Kier alpha value is 0.471. The van der Waals surface area contributed by atoms with Crippen LogP contribution < -0.4 is 0 Å². The molecule has 10 atom stereocenters. The van der Waals surface area contributed by atoms with Gasteiger partial charge >= 0.3 is 0 Å². The lowest BCUT2D eigenvalue weighted by Gasteiger charge is -2.88. The molecule has 338 valence electrons. The first-order valence-corrected chi connectivity index (χ1v) is 43.8. The van der Waals surface area contributed by atoms with E-state index in [0.717, 1.165) is 5.57 Å². The minimum absolute atomic E-state index is 0.0341. The van der Waals surface area contributed by atoms with E-state index in [1.807, 2.05) is 6.08 Å². The second-order valence-electron chi connectivity index (χ2n) is 27.7. The molecule has 0 heterocycles. The zero-order valence-electron chi connectivity index (χ0n) is 41.7. The lowest BCUT2D eigenvalue weighted by atomic mass is 9.44. The molecule has 0 amide bonds. The first kappa shape index (κ1) is 51.1. The summed E-state index contributed by atoms with van der Waals surface area (Å²) in [7, 11) is -16.5.